The summed E-state index contributed by atoms with van der Waals surface area (Å²) in [7, 11) is 0. The van der Waals surface area contributed by atoms with Crippen LogP contribution in [0.2, 0.25) is 0 Å². The Morgan fingerprint density at radius 2 is 2.00 bits per heavy atom. The Balaban J connectivity index is 2.59. The molecule has 0 aromatic rings. The normalized spacial score (nSPS) is 20.7. The third-order valence-electron chi connectivity index (χ3n) is 1.64. The van der Waals surface area contributed by atoms with Gasteiger partial charge < -0.3 is 0 Å². The topological polar surface area (TPSA) is 0 Å². The average molecular weight is 160 g/mol. The van der Waals surface area contributed by atoms with E-state index in [0.717, 1.165) is 0 Å². The van der Waals surface area contributed by atoms with Crippen LogP contribution >= 0.6 is 24.4 Å². The highest BCUT2D eigenvalue weighted by molar-refractivity contribution is 8.03. The summed E-state index contributed by atoms with van der Waals surface area (Å²) in [5.41, 5.74) is 0. The quantitative estimate of drug-likeness (QED) is 0.575. The van der Waals surface area contributed by atoms with Gasteiger partial charge in [0.2, 0.25) is 0 Å². The van der Waals surface area contributed by atoms with Gasteiger partial charge in [0.05, 0.1) is 0 Å². The van der Waals surface area contributed by atoms with Crippen LogP contribution in [0.5, 0.6) is 0 Å². The van der Waals surface area contributed by atoms with Crippen molar-refractivity contribution in [3.05, 3.63) is 9.81 Å². The largest absolute Gasteiger partial charge is 0.147 e. The zero-order chi connectivity index (χ0) is 6.69. The van der Waals surface area contributed by atoms with Crippen molar-refractivity contribution in [2.75, 3.05) is 6.26 Å². The van der Waals surface area contributed by atoms with E-state index in [1.54, 1.807) is 0 Å². The minimum Gasteiger partial charge on any atom is -0.147 e. The number of rotatable bonds is 1. The van der Waals surface area contributed by atoms with Gasteiger partial charge in [-0.15, -0.1) is 24.4 Å². The Hall–Kier alpha value is 0.440. The second-order valence-electron chi connectivity index (χ2n) is 2.28. The molecule has 0 radical (unpaired) electrons. The van der Waals surface area contributed by atoms with Crippen LogP contribution in [0, 0.1) is 0 Å². The molecule has 1 rings (SSSR count). The summed E-state index contributed by atoms with van der Waals surface area (Å²) in [6, 6.07) is 0. The fraction of sp³-hybridized carbons (Fsp3) is 0.714. The van der Waals surface area contributed by atoms with Crippen LogP contribution in [-0.2, 0) is 0 Å². The Labute approximate surface area is 66.5 Å². The van der Waals surface area contributed by atoms with Gasteiger partial charge in [-0.25, -0.2) is 0 Å². The predicted molar refractivity (Wildman–Crippen MR) is 48.0 cm³/mol. The molecule has 9 heavy (non-hydrogen) atoms. The van der Waals surface area contributed by atoms with Gasteiger partial charge in [0, 0.05) is 0 Å². The average Bonchev–Trinajstić information content (AvgIpc) is 1.89. The van der Waals surface area contributed by atoms with Crippen LogP contribution in [0.1, 0.15) is 25.7 Å². The third kappa shape index (κ3) is 1.94. The first-order chi connectivity index (χ1) is 4.34. The maximum atomic E-state index is 4.40. The minimum atomic E-state index is 1.21. The molecule has 1 aliphatic carbocycles. The summed E-state index contributed by atoms with van der Waals surface area (Å²) in [6.07, 6.45) is 7.30. The smallest absolute Gasteiger partial charge is 0.00626 e. The first-order valence-corrected chi connectivity index (χ1v) is 4.97. The van der Waals surface area contributed by atoms with Gasteiger partial charge in [0.25, 0.3) is 0 Å². The summed E-state index contributed by atoms with van der Waals surface area (Å²) in [6.45, 7) is 0. The SMILES string of the molecule is CSC1=C(S)CCCC1. The predicted octanol–water partition coefficient (Wildman–Crippen LogP) is 3.06. The molecular formula is C7H12S2. The molecule has 52 valence electrons. The fourth-order valence-electron chi connectivity index (χ4n) is 1.08. The van der Waals surface area contributed by atoms with Crippen molar-refractivity contribution in [3.63, 3.8) is 0 Å². The molecule has 0 N–H and O–H groups in total. The van der Waals surface area contributed by atoms with Gasteiger partial charge >= 0.3 is 0 Å². The summed E-state index contributed by atoms with van der Waals surface area (Å²) in [5.74, 6) is 0. The second kappa shape index (κ2) is 3.57. The van der Waals surface area contributed by atoms with E-state index in [9.17, 15) is 0 Å². The molecule has 0 spiro atoms. The second-order valence-corrected chi connectivity index (χ2v) is 3.72. The van der Waals surface area contributed by atoms with E-state index in [1.807, 2.05) is 11.8 Å². The van der Waals surface area contributed by atoms with Crippen LogP contribution in [0.15, 0.2) is 9.81 Å². The summed E-state index contributed by atoms with van der Waals surface area (Å²) >= 11 is 6.25. The maximum absolute atomic E-state index is 4.40. The molecule has 1 aliphatic rings. The van der Waals surface area contributed by atoms with Gasteiger partial charge in [0.15, 0.2) is 0 Å². The van der Waals surface area contributed by atoms with Crippen molar-refractivity contribution in [1.82, 2.24) is 0 Å². The molecule has 0 aromatic heterocycles. The maximum Gasteiger partial charge on any atom is -0.00626 e. The van der Waals surface area contributed by atoms with Crippen LogP contribution in [0.4, 0.5) is 0 Å². The van der Waals surface area contributed by atoms with E-state index in [2.05, 4.69) is 18.9 Å². The first kappa shape index (κ1) is 7.55. The summed E-state index contributed by atoms with van der Waals surface area (Å²) in [5, 5.41) is 0. The molecule has 0 amide bonds. The van der Waals surface area contributed by atoms with Crippen molar-refractivity contribution >= 4 is 24.4 Å². The molecule has 0 bridgehead atoms. The highest BCUT2D eigenvalue weighted by Gasteiger charge is 2.07. The van der Waals surface area contributed by atoms with Gasteiger partial charge in [-0.2, -0.15) is 0 Å². The Kier molecular flexibility index (Phi) is 2.99. The van der Waals surface area contributed by atoms with Crippen LogP contribution in [-0.4, -0.2) is 6.26 Å². The van der Waals surface area contributed by atoms with Crippen molar-refractivity contribution < 1.29 is 0 Å². The number of thioether (sulfide) groups is 1. The summed E-state index contributed by atoms with van der Waals surface area (Å²) < 4.78 is 0. The Morgan fingerprint density at radius 1 is 1.33 bits per heavy atom. The van der Waals surface area contributed by atoms with Crippen LogP contribution in [0.25, 0.3) is 0 Å². The molecule has 0 unspecified atom stereocenters. The van der Waals surface area contributed by atoms with Gasteiger partial charge in [-0.1, -0.05) is 0 Å². The molecule has 0 aliphatic heterocycles. The molecule has 0 fully saturated rings. The molecule has 0 nitrogen and oxygen atoms in total. The molecule has 0 atom stereocenters. The van der Waals surface area contributed by atoms with Crippen molar-refractivity contribution in [3.8, 4) is 0 Å². The van der Waals surface area contributed by atoms with E-state index in [1.165, 1.54) is 35.5 Å². The summed E-state index contributed by atoms with van der Waals surface area (Å²) in [4.78, 5) is 2.83. The lowest BCUT2D eigenvalue weighted by atomic mass is 10.1. The van der Waals surface area contributed by atoms with E-state index in [0.29, 0.717) is 0 Å². The zero-order valence-corrected chi connectivity index (χ0v) is 7.39. The van der Waals surface area contributed by atoms with Crippen molar-refractivity contribution in [2.45, 2.75) is 25.7 Å². The number of thiol groups is 1. The molecule has 2 heteroatoms. The lowest BCUT2D eigenvalue weighted by molar-refractivity contribution is 0.717. The van der Waals surface area contributed by atoms with Gasteiger partial charge in [0.1, 0.15) is 0 Å². The Morgan fingerprint density at radius 3 is 2.44 bits per heavy atom. The lowest BCUT2D eigenvalue weighted by Gasteiger charge is -2.13. The molecule has 0 heterocycles. The number of hydrogen-bond donors (Lipinski definition) is 1. The molecule has 0 saturated carbocycles. The van der Waals surface area contributed by atoms with Gasteiger partial charge in [-0.3, -0.25) is 0 Å². The Bertz CT molecular complexity index is 127. The van der Waals surface area contributed by atoms with E-state index >= 15 is 0 Å². The van der Waals surface area contributed by atoms with Crippen LogP contribution in [0.3, 0.4) is 0 Å². The fourth-order valence-corrected chi connectivity index (χ4v) is 2.31. The lowest BCUT2D eigenvalue weighted by Crippen LogP contribution is -1.91. The van der Waals surface area contributed by atoms with Crippen molar-refractivity contribution in [1.29, 1.82) is 0 Å². The standard InChI is InChI=1S/C7H12S2/c1-9-7-5-3-2-4-6(7)8/h8H,2-5H2,1H3. The molecular weight excluding hydrogens is 148 g/mol. The van der Waals surface area contributed by atoms with Gasteiger partial charge in [-0.05, 0) is 41.7 Å². The highest BCUT2D eigenvalue weighted by atomic mass is 32.2. The number of allylic oxidation sites excluding steroid dienone is 2. The molecule has 0 saturated heterocycles. The highest BCUT2D eigenvalue weighted by Crippen LogP contribution is 2.32. The van der Waals surface area contributed by atoms with Crippen LogP contribution < -0.4 is 0 Å². The van der Waals surface area contributed by atoms with E-state index in [4.69, 9.17) is 0 Å². The van der Waals surface area contributed by atoms with Crippen molar-refractivity contribution in [2.24, 2.45) is 0 Å². The molecule has 0 aromatic carbocycles. The van der Waals surface area contributed by atoms with E-state index in [-0.39, 0.29) is 0 Å². The number of hydrogen-bond acceptors (Lipinski definition) is 2. The monoisotopic (exact) mass is 160 g/mol. The minimum absolute atomic E-state index is 1.21. The zero-order valence-electron chi connectivity index (χ0n) is 5.68. The third-order valence-corrected chi connectivity index (χ3v) is 3.22. The van der Waals surface area contributed by atoms with E-state index < -0.39 is 0 Å². The first-order valence-electron chi connectivity index (χ1n) is 3.29.